The highest BCUT2D eigenvalue weighted by molar-refractivity contribution is 9.10. The van der Waals surface area contributed by atoms with Crippen molar-refractivity contribution >= 4 is 15.9 Å². The quantitative estimate of drug-likeness (QED) is 0.919. The van der Waals surface area contributed by atoms with Crippen LogP contribution in [0.5, 0.6) is 0 Å². The third kappa shape index (κ3) is 3.45. The number of nitrogens with two attached hydrogens (primary N) is 1. The Hall–Kier alpha value is -1.10. The smallest absolute Gasteiger partial charge is 0.130 e. The van der Waals surface area contributed by atoms with Gasteiger partial charge in [0.2, 0.25) is 0 Å². The van der Waals surface area contributed by atoms with Crippen LogP contribution in [0.15, 0.2) is 39.2 Å². The molecular formula is C14H16BrNO2. The highest BCUT2D eigenvalue weighted by Crippen LogP contribution is 2.16. The summed E-state index contributed by atoms with van der Waals surface area (Å²) >= 11 is 3.43. The molecule has 0 amide bonds. The standard InChI is InChI=1S/C14H16BrNO2/c1-10-12(7-16)6-14(18-10)9-17-8-11-3-2-4-13(15)5-11/h2-6H,7-9,16H2,1H3. The van der Waals surface area contributed by atoms with E-state index >= 15 is 0 Å². The minimum Gasteiger partial charge on any atom is -0.464 e. The molecule has 0 aliphatic rings. The first-order valence-corrected chi connectivity index (χ1v) is 6.59. The van der Waals surface area contributed by atoms with Crippen LogP contribution in [0.3, 0.4) is 0 Å². The van der Waals surface area contributed by atoms with E-state index in [4.69, 9.17) is 14.9 Å². The van der Waals surface area contributed by atoms with Crippen molar-refractivity contribution in [3.05, 3.63) is 57.5 Å². The van der Waals surface area contributed by atoms with Gasteiger partial charge in [0.1, 0.15) is 18.1 Å². The van der Waals surface area contributed by atoms with E-state index in [9.17, 15) is 0 Å². The van der Waals surface area contributed by atoms with Gasteiger partial charge in [0, 0.05) is 16.6 Å². The Kier molecular flexibility index (Phi) is 4.58. The van der Waals surface area contributed by atoms with Gasteiger partial charge in [0.05, 0.1) is 6.61 Å². The number of hydrogen-bond acceptors (Lipinski definition) is 3. The molecule has 0 radical (unpaired) electrons. The zero-order chi connectivity index (χ0) is 13.0. The van der Waals surface area contributed by atoms with Crippen molar-refractivity contribution in [2.75, 3.05) is 0 Å². The summed E-state index contributed by atoms with van der Waals surface area (Å²) in [6, 6.07) is 10.0. The summed E-state index contributed by atoms with van der Waals surface area (Å²) in [6.45, 7) is 3.45. The molecule has 18 heavy (non-hydrogen) atoms. The van der Waals surface area contributed by atoms with E-state index in [2.05, 4.69) is 15.9 Å². The summed E-state index contributed by atoms with van der Waals surface area (Å²) < 4.78 is 12.2. The molecule has 3 nitrogen and oxygen atoms in total. The normalized spacial score (nSPS) is 10.8. The molecule has 0 atom stereocenters. The second-order valence-corrected chi connectivity index (χ2v) is 5.04. The molecule has 0 aliphatic carbocycles. The Labute approximate surface area is 115 Å². The molecule has 0 fully saturated rings. The molecule has 96 valence electrons. The van der Waals surface area contributed by atoms with Crippen LogP contribution in [-0.2, 0) is 24.5 Å². The average Bonchev–Trinajstić information content (AvgIpc) is 2.70. The fourth-order valence-electron chi connectivity index (χ4n) is 1.76. The summed E-state index contributed by atoms with van der Waals surface area (Å²) in [4.78, 5) is 0. The maximum atomic E-state index is 5.62. The predicted octanol–water partition coefficient (Wildman–Crippen LogP) is 3.53. The first-order valence-electron chi connectivity index (χ1n) is 5.79. The van der Waals surface area contributed by atoms with E-state index in [0.29, 0.717) is 19.8 Å². The SMILES string of the molecule is Cc1oc(COCc2cccc(Br)c2)cc1CN. The van der Waals surface area contributed by atoms with Gasteiger partial charge in [-0.25, -0.2) is 0 Å². The van der Waals surface area contributed by atoms with E-state index < -0.39 is 0 Å². The van der Waals surface area contributed by atoms with Gasteiger partial charge in [0.15, 0.2) is 0 Å². The molecule has 0 saturated heterocycles. The molecule has 2 aromatic rings. The van der Waals surface area contributed by atoms with E-state index in [1.807, 2.05) is 37.3 Å². The minimum absolute atomic E-state index is 0.466. The van der Waals surface area contributed by atoms with Crippen LogP contribution >= 0.6 is 15.9 Å². The van der Waals surface area contributed by atoms with E-state index in [1.54, 1.807) is 0 Å². The van der Waals surface area contributed by atoms with Crippen molar-refractivity contribution in [3.63, 3.8) is 0 Å². The van der Waals surface area contributed by atoms with Crippen LogP contribution in [0.25, 0.3) is 0 Å². The Morgan fingerprint density at radius 2 is 2.11 bits per heavy atom. The molecule has 1 heterocycles. The fourth-order valence-corrected chi connectivity index (χ4v) is 2.20. The van der Waals surface area contributed by atoms with Gasteiger partial charge in [-0.1, -0.05) is 28.1 Å². The summed E-state index contributed by atoms with van der Waals surface area (Å²) in [5, 5.41) is 0. The summed E-state index contributed by atoms with van der Waals surface area (Å²) in [6.07, 6.45) is 0. The largest absolute Gasteiger partial charge is 0.464 e. The minimum atomic E-state index is 0.466. The molecule has 1 aromatic carbocycles. The van der Waals surface area contributed by atoms with Gasteiger partial charge in [0.25, 0.3) is 0 Å². The monoisotopic (exact) mass is 309 g/mol. The molecule has 0 unspecified atom stereocenters. The summed E-state index contributed by atoms with van der Waals surface area (Å²) in [5.74, 6) is 1.70. The third-order valence-corrected chi connectivity index (χ3v) is 3.19. The van der Waals surface area contributed by atoms with Crippen LogP contribution in [0.4, 0.5) is 0 Å². The molecule has 4 heteroatoms. The van der Waals surface area contributed by atoms with Gasteiger partial charge in [-0.3, -0.25) is 0 Å². The second-order valence-electron chi connectivity index (χ2n) is 4.12. The maximum absolute atomic E-state index is 5.62. The molecule has 0 spiro atoms. The van der Waals surface area contributed by atoms with E-state index in [0.717, 1.165) is 27.1 Å². The van der Waals surface area contributed by atoms with Crippen LogP contribution in [0, 0.1) is 6.92 Å². The predicted molar refractivity (Wildman–Crippen MR) is 74.0 cm³/mol. The second kappa shape index (κ2) is 6.18. The molecular weight excluding hydrogens is 294 g/mol. The lowest BCUT2D eigenvalue weighted by molar-refractivity contribution is 0.0923. The number of ether oxygens (including phenoxy) is 1. The fraction of sp³-hybridized carbons (Fsp3) is 0.286. The van der Waals surface area contributed by atoms with Gasteiger partial charge in [-0.05, 0) is 30.7 Å². The molecule has 0 saturated carbocycles. The Morgan fingerprint density at radius 3 is 2.78 bits per heavy atom. The molecule has 2 rings (SSSR count). The lowest BCUT2D eigenvalue weighted by Gasteiger charge is -2.02. The van der Waals surface area contributed by atoms with Crippen LogP contribution in [0.1, 0.15) is 22.6 Å². The Morgan fingerprint density at radius 1 is 1.28 bits per heavy atom. The van der Waals surface area contributed by atoms with Crippen molar-refractivity contribution < 1.29 is 9.15 Å². The zero-order valence-electron chi connectivity index (χ0n) is 10.3. The average molecular weight is 310 g/mol. The molecule has 1 aromatic heterocycles. The Bertz CT molecular complexity index is 522. The maximum Gasteiger partial charge on any atom is 0.130 e. The van der Waals surface area contributed by atoms with Gasteiger partial charge in [-0.15, -0.1) is 0 Å². The number of halogens is 1. The number of benzene rings is 1. The number of furan rings is 1. The molecule has 0 aliphatic heterocycles. The summed E-state index contributed by atoms with van der Waals surface area (Å²) in [7, 11) is 0. The van der Waals surface area contributed by atoms with Crippen LogP contribution in [-0.4, -0.2) is 0 Å². The van der Waals surface area contributed by atoms with Gasteiger partial charge >= 0.3 is 0 Å². The Balaban J connectivity index is 1.88. The van der Waals surface area contributed by atoms with Crippen LogP contribution < -0.4 is 5.73 Å². The first kappa shape index (κ1) is 13.3. The number of hydrogen-bond donors (Lipinski definition) is 1. The number of aryl methyl sites for hydroxylation is 1. The van der Waals surface area contributed by atoms with Crippen molar-refractivity contribution in [1.82, 2.24) is 0 Å². The third-order valence-electron chi connectivity index (χ3n) is 2.69. The van der Waals surface area contributed by atoms with Crippen molar-refractivity contribution in [1.29, 1.82) is 0 Å². The van der Waals surface area contributed by atoms with Crippen LogP contribution in [0.2, 0.25) is 0 Å². The van der Waals surface area contributed by atoms with Crippen molar-refractivity contribution in [2.24, 2.45) is 5.73 Å². The first-order chi connectivity index (χ1) is 8.69. The van der Waals surface area contributed by atoms with E-state index in [-0.39, 0.29) is 0 Å². The lowest BCUT2D eigenvalue weighted by atomic mass is 10.2. The van der Waals surface area contributed by atoms with Crippen molar-refractivity contribution in [2.45, 2.75) is 26.7 Å². The van der Waals surface area contributed by atoms with Crippen molar-refractivity contribution in [3.8, 4) is 0 Å². The van der Waals surface area contributed by atoms with Gasteiger partial charge in [-0.2, -0.15) is 0 Å². The lowest BCUT2D eigenvalue weighted by Crippen LogP contribution is -1.95. The zero-order valence-corrected chi connectivity index (χ0v) is 11.9. The highest BCUT2D eigenvalue weighted by atomic mass is 79.9. The van der Waals surface area contributed by atoms with E-state index in [1.165, 1.54) is 0 Å². The van der Waals surface area contributed by atoms with Gasteiger partial charge < -0.3 is 14.9 Å². The number of rotatable bonds is 5. The molecule has 0 bridgehead atoms. The topological polar surface area (TPSA) is 48.4 Å². The summed E-state index contributed by atoms with van der Waals surface area (Å²) in [5.41, 5.74) is 7.76. The highest BCUT2D eigenvalue weighted by Gasteiger charge is 2.05. The molecule has 2 N–H and O–H groups in total.